The van der Waals surface area contributed by atoms with Crippen LogP contribution in [0.3, 0.4) is 0 Å². The summed E-state index contributed by atoms with van der Waals surface area (Å²) in [4.78, 5) is 79.9. The molecule has 0 aromatic rings. The topological polar surface area (TPSA) is 118 Å². The van der Waals surface area contributed by atoms with E-state index in [0.29, 0.717) is 32.6 Å². The number of nitrogens with zero attached hydrogens (tertiary/aromatic N) is 2. The van der Waals surface area contributed by atoms with Crippen LogP contribution in [0.5, 0.6) is 0 Å². The summed E-state index contributed by atoms with van der Waals surface area (Å²) >= 11 is 1.88. The van der Waals surface area contributed by atoms with Gasteiger partial charge in [-0.2, -0.15) is 0 Å². The Hall–Kier alpha value is -1.88. The van der Waals surface area contributed by atoms with E-state index in [4.69, 9.17) is 4.74 Å². The molecule has 2 atom stereocenters. The second-order valence-electron chi connectivity index (χ2n) is 10.5. The minimum absolute atomic E-state index is 0.0435. The van der Waals surface area contributed by atoms with E-state index in [9.17, 15) is 28.8 Å². The van der Waals surface area contributed by atoms with Crippen LogP contribution in [-0.4, -0.2) is 85.4 Å². The van der Waals surface area contributed by atoms with Crippen molar-refractivity contribution in [3.05, 3.63) is 0 Å². The molecule has 0 aliphatic carbocycles. The molecule has 0 aliphatic rings. The zero-order chi connectivity index (χ0) is 31.3. The normalized spacial score (nSPS) is 13.2. The van der Waals surface area contributed by atoms with Crippen LogP contribution < -0.4 is 0 Å². The van der Waals surface area contributed by atoms with Gasteiger partial charge in [-0.05, 0) is 55.4 Å². The van der Waals surface area contributed by atoms with E-state index in [1.165, 1.54) is 0 Å². The van der Waals surface area contributed by atoms with Crippen LogP contribution in [-0.2, 0) is 33.5 Å². The van der Waals surface area contributed by atoms with E-state index < -0.39 is 27.5 Å². The van der Waals surface area contributed by atoms with Gasteiger partial charge in [0.05, 0.1) is 10.7 Å². The number of rotatable bonds is 18. The number of carbonyl (C=O) groups is 6. The number of thioether (sulfide) groups is 2. The fourth-order valence-electron chi connectivity index (χ4n) is 4.18. The number of ether oxygens (including phenoxy) is 1. The fourth-order valence-corrected chi connectivity index (χ4v) is 6.35. The maximum absolute atomic E-state index is 13.2. The predicted octanol–water partition coefficient (Wildman–Crippen LogP) is 4.89. The smallest absolute Gasteiger partial charge is 0.306 e. The highest BCUT2D eigenvalue weighted by atomic mass is 32.2. The molecule has 230 valence electrons. The molecule has 0 aromatic heterocycles. The number of amides is 2. The Labute approximate surface area is 249 Å². The Morgan fingerprint density at radius 3 is 1.48 bits per heavy atom. The number of carbonyl (C=O) groups excluding carboxylic acids is 6. The molecule has 0 saturated heterocycles. The molecule has 0 heterocycles. The second kappa shape index (κ2) is 17.8. The highest BCUT2D eigenvalue weighted by molar-refractivity contribution is 8.15. The van der Waals surface area contributed by atoms with E-state index in [0.717, 1.165) is 23.5 Å². The lowest BCUT2D eigenvalue weighted by atomic mass is 9.87. The maximum Gasteiger partial charge on any atom is 0.306 e. The molecular weight excluding hydrogens is 552 g/mol. The van der Waals surface area contributed by atoms with Crippen molar-refractivity contribution >= 4 is 57.3 Å². The zero-order valence-electron chi connectivity index (χ0n) is 26.1. The van der Waals surface area contributed by atoms with Gasteiger partial charge in [0.25, 0.3) is 5.91 Å². The van der Waals surface area contributed by atoms with Gasteiger partial charge in [0, 0.05) is 63.0 Å². The van der Waals surface area contributed by atoms with Crippen LogP contribution in [0.15, 0.2) is 0 Å². The minimum Gasteiger partial charge on any atom is -0.451 e. The van der Waals surface area contributed by atoms with Gasteiger partial charge in [0.1, 0.15) is 5.78 Å². The quantitative estimate of drug-likeness (QED) is 0.202. The van der Waals surface area contributed by atoms with Crippen LogP contribution in [0.25, 0.3) is 0 Å². The van der Waals surface area contributed by atoms with Crippen LogP contribution in [0.2, 0.25) is 0 Å². The van der Waals surface area contributed by atoms with Crippen LogP contribution in [0.4, 0.5) is 0 Å². The van der Waals surface area contributed by atoms with Crippen molar-refractivity contribution < 1.29 is 33.5 Å². The zero-order valence-corrected chi connectivity index (χ0v) is 27.7. The highest BCUT2D eigenvalue weighted by Crippen LogP contribution is 2.38. The molecule has 0 unspecified atom stereocenters. The first-order chi connectivity index (χ1) is 18.5. The third-order valence-electron chi connectivity index (χ3n) is 6.79. The molecular formula is C29H50N2O7S2. The highest BCUT2D eigenvalue weighted by Gasteiger charge is 2.43. The summed E-state index contributed by atoms with van der Waals surface area (Å²) < 4.78 is 3.58. The van der Waals surface area contributed by atoms with E-state index in [1.807, 2.05) is 27.7 Å². The van der Waals surface area contributed by atoms with Crippen LogP contribution in [0.1, 0.15) is 101 Å². The second-order valence-corrected chi connectivity index (χ2v) is 14.0. The average Bonchev–Trinajstić information content (AvgIpc) is 2.89. The Morgan fingerprint density at radius 2 is 1.07 bits per heavy atom. The van der Waals surface area contributed by atoms with Crippen molar-refractivity contribution in [2.24, 2.45) is 5.92 Å². The molecule has 0 bridgehead atoms. The van der Waals surface area contributed by atoms with Crippen molar-refractivity contribution in [2.45, 2.75) is 117 Å². The lowest BCUT2D eigenvalue weighted by molar-refractivity contribution is -0.161. The predicted molar refractivity (Wildman–Crippen MR) is 162 cm³/mol. The van der Waals surface area contributed by atoms with Crippen molar-refractivity contribution in [1.29, 1.82) is 0 Å². The minimum atomic E-state index is -1.15. The number of hydrogen-bond donors (Lipinski definition) is 0. The van der Waals surface area contributed by atoms with Gasteiger partial charge in [-0.15, -0.1) is 0 Å². The molecule has 0 rings (SSSR count). The van der Waals surface area contributed by atoms with Crippen molar-refractivity contribution in [3.8, 4) is 0 Å². The van der Waals surface area contributed by atoms with E-state index >= 15 is 0 Å². The molecule has 0 aliphatic heterocycles. The number of ketones is 1. The van der Waals surface area contributed by atoms with Crippen molar-refractivity contribution in [3.63, 3.8) is 0 Å². The van der Waals surface area contributed by atoms with Gasteiger partial charge in [-0.1, -0.05) is 37.4 Å². The first-order valence-corrected chi connectivity index (χ1v) is 15.9. The Morgan fingerprint density at radius 1 is 0.650 bits per heavy atom. The van der Waals surface area contributed by atoms with Gasteiger partial charge < -0.3 is 14.5 Å². The first-order valence-electron chi connectivity index (χ1n) is 14.3. The Kier molecular flexibility index (Phi) is 17.0. The third kappa shape index (κ3) is 11.9. The monoisotopic (exact) mass is 602 g/mol. The van der Waals surface area contributed by atoms with Gasteiger partial charge in [0.2, 0.25) is 5.91 Å². The molecule has 11 heteroatoms. The first kappa shape index (κ1) is 38.1. The summed E-state index contributed by atoms with van der Waals surface area (Å²) in [7, 11) is 0. The molecule has 0 aromatic carbocycles. The summed E-state index contributed by atoms with van der Waals surface area (Å²) in [6, 6.07) is 0. The molecule has 0 N–H and O–H groups in total. The summed E-state index contributed by atoms with van der Waals surface area (Å²) in [6.45, 7) is 19.6. The Bertz CT molecular complexity index is 825. The largest absolute Gasteiger partial charge is 0.451 e. The SMILES string of the molecule is CCC(=O)C[C@H](C(=O)N(CC)CC)C(C)(C)SC(=O)CCC(=O)SC(C)(C)[C@H](OC(=O)CC)C(=O)N(CC)CC. The molecule has 0 fully saturated rings. The lowest BCUT2D eigenvalue weighted by Gasteiger charge is -2.35. The molecule has 0 spiro atoms. The van der Waals surface area contributed by atoms with Crippen LogP contribution >= 0.6 is 23.5 Å². The van der Waals surface area contributed by atoms with Gasteiger partial charge in [-0.25, -0.2) is 0 Å². The standard InChI is InChI=1S/C29H50N2O7S2/c1-11-20(32)19-21(26(36)30(13-3)14-4)28(7,8)39-23(34)17-18-24(35)40-29(9,10)25(38-22(33)12-2)27(37)31(15-5)16-6/h21,25H,11-19H2,1-10H3/t21-,25-/m1/s1. The van der Waals surface area contributed by atoms with Gasteiger partial charge >= 0.3 is 5.97 Å². The molecule has 2 amide bonds. The molecule has 9 nitrogen and oxygen atoms in total. The Balaban J connectivity index is 5.55. The van der Waals surface area contributed by atoms with E-state index in [-0.39, 0.29) is 53.5 Å². The van der Waals surface area contributed by atoms with Crippen molar-refractivity contribution in [1.82, 2.24) is 9.80 Å². The number of hydrogen-bond acceptors (Lipinski definition) is 9. The van der Waals surface area contributed by atoms with E-state index in [1.54, 1.807) is 51.3 Å². The maximum atomic E-state index is 13.2. The fraction of sp³-hybridized carbons (Fsp3) is 0.793. The number of esters is 1. The van der Waals surface area contributed by atoms with Crippen LogP contribution in [0, 0.1) is 5.92 Å². The van der Waals surface area contributed by atoms with Crippen molar-refractivity contribution in [2.75, 3.05) is 26.2 Å². The lowest BCUT2D eigenvalue weighted by Crippen LogP contribution is -2.50. The molecule has 0 saturated carbocycles. The summed E-state index contributed by atoms with van der Waals surface area (Å²) in [5, 5.41) is -0.565. The summed E-state index contributed by atoms with van der Waals surface area (Å²) in [5.41, 5.74) is 0. The molecule has 40 heavy (non-hydrogen) atoms. The van der Waals surface area contributed by atoms with Gasteiger partial charge in [-0.3, -0.25) is 28.8 Å². The third-order valence-corrected chi connectivity index (χ3v) is 9.21. The average molecular weight is 603 g/mol. The summed E-state index contributed by atoms with van der Waals surface area (Å²) in [5.74, 6) is -1.77. The molecule has 0 radical (unpaired) electrons. The van der Waals surface area contributed by atoms with E-state index in [2.05, 4.69) is 0 Å². The summed E-state index contributed by atoms with van der Waals surface area (Å²) in [6.07, 6.45) is -0.829. The number of likely N-dealkylation sites (N-methyl/N-ethyl adjacent to an activating group) is 1. The number of Topliss-reactive ketones (excluding diaryl/α,β-unsaturated/α-hetero) is 1. The van der Waals surface area contributed by atoms with Gasteiger partial charge in [0.15, 0.2) is 16.3 Å².